The van der Waals surface area contributed by atoms with Gasteiger partial charge in [0, 0.05) is 24.7 Å². The third-order valence-corrected chi connectivity index (χ3v) is 4.81. The molecule has 1 atom stereocenters. The maximum absolute atomic E-state index is 12.2. The summed E-state index contributed by atoms with van der Waals surface area (Å²) in [6, 6.07) is 0.935. The number of carbonyl (C=O) groups excluding carboxylic acids is 1. The SMILES string of the molecule is CCC1CCCN1C(=O)NC1CC(N(CC)CC(=O)O)C1. The van der Waals surface area contributed by atoms with E-state index in [1.807, 2.05) is 16.7 Å². The number of nitrogens with one attached hydrogen (secondary N) is 1. The molecule has 1 aliphatic heterocycles. The Morgan fingerprint density at radius 3 is 2.62 bits per heavy atom. The van der Waals surface area contributed by atoms with E-state index in [1.165, 1.54) is 0 Å². The molecule has 0 spiro atoms. The second kappa shape index (κ2) is 7.11. The number of likely N-dealkylation sites (N-methyl/N-ethyl adjacent to an activating group) is 1. The van der Waals surface area contributed by atoms with Gasteiger partial charge in [-0.25, -0.2) is 4.79 Å². The normalized spacial score (nSPS) is 28.5. The Hall–Kier alpha value is -1.30. The molecule has 1 heterocycles. The van der Waals surface area contributed by atoms with Crippen molar-refractivity contribution in [2.75, 3.05) is 19.6 Å². The second-order valence-electron chi connectivity index (χ2n) is 6.13. The first-order valence-corrected chi connectivity index (χ1v) is 8.08. The van der Waals surface area contributed by atoms with Crippen LogP contribution < -0.4 is 5.32 Å². The number of rotatable bonds is 6. The van der Waals surface area contributed by atoms with E-state index in [0.717, 1.165) is 45.2 Å². The molecule has 6 nitrogen and oxygen atoms in total. The summed E-state index contributed by atoms with van der Waals surface area (Å²) in [5.74, 6) is -0.785. The van der Waals surface area contributed by atoms with Crippen LogP contribution >= 0.6 is 0 Å². The Kier molecular flexibility index (Phi) is 5.45. The smallest absolute Gasteiger partial charge is 0.317 e. The summed E-state index contributed by atoms with van der Waals surface area (Å²) in [5.41, 5.74) is 0. The largest absolute Gasteiger partial charge is 0.480 e. The topological polar surface area (TPSA) is 72.9 Å². The monoisotopic (exact) mass is 297 g/mol. The van der Waals surface area contributed by atoms with Gasteiger partial charge in [-0.2, -0.15) is 0 Å². The fourth-order valence-electron chi connectivity index (χ4n) is 3.46. The molecule has 1 saturated carbocycles. The summed E-state index contributed by atoms with van der Waals surface area (Å²) in [6.45, 7) is 5.79. The van der Waals surface area contributed by atoms with E-state index >= 15 is 0 Å². The Bertz CT molecular complexity index is 382. The van der Waals surface area contributed by atoms with Crippen LogP contribution in [0.15, 0.2) is 0 Å². The molecule has 21 heavy (non-hydrogen) atoms. The average Bonchev–Trinajstić information content (AvgIpc) is 2.88. The van der Waals surface area contributed by atoms with E-state index in [0.29, 0.717) is 6.04 Å². The van der Waals surface area contributed by atoms with Gasteiger partial charge in [-0.15, -0.1) is 0 Å². The zero-order valence-corrected chi connectivity index (χ0v) is 13.0. The highest BCUT2D eigenvalue weighted by Crippen LogP contribution is 2.27. The van der Waals surface area contributed by atoms with E-state index in [1.54, 1.807) is 0 Å². The Morgan fingerprint density at radius 1 is 1.33 bits per heavy atom. The van der Waals surface area contributed by atoms with E-state index in [2.05, 4.69) is 12.2 Å². The molecule has 1 aliphatic carbocycles. The number of carboxylic acid groups (broad SMARTS) is 1. The molecule has 2 amide bonds. The van der Waals surface area contributed by atoms with E-state index in [4.69, 9.17) is 5.11 Å². The van der Waals surface area contributed by atoms with Crippen LogP contribution in [0.4, 0.5) is 4.79 Å². The lowest BCUT2D eigenvalue weighted by Crippen LogP contribution is -2.57. The summed E-state index contributed by atoms with van der Waals surface area (Å²) in [7, 11) is 0. The lowest BCUT2D eigenvalue weighted by Gasteiger charge is -2.42. The maximum Gasteiger partial charge on any atom is 0.317 e. The van der Waals surface area contributed by atoms with Crippen LogP contribution in [0.1, 0.15) is 46.0 Å². The van der Waals surface area contributed by atoms with Crippen LogP contribution in [0.25, 0.3) is 0 Å². The lowest BCUT2D eigenvalue weighted by atomic mass is 9.85. The highest BCUT2D eigenvalue weighted by molar-refractivity contribution is 5.75. The Morgan fingerprint density at radius 2 is 2.05 bits per heavy atom. The maximum atomic E-state index is 12.2. The van der Waals surface area contributed by atoms with E-state index < -0.39 is 5.97 Å². The zero-order chi connectivity index (χ0) is 15.4. The summed E-state index contributed by atoms with van der Waals surface area (Å²) in [5, 5.41) is 12.0. The molecule has 1 saturated heterocycles. The predicted octanol–water partition coefficient (Wildman–Crippen LogP) is 1.51. The number of hydrogen-bond donors (Lipinski definition) is 2. The number of amides is 2. The summed E-state index contributed by atoms with van der Waals surface area (Å²) in [4.78, 5) is 27.0. The third kappa shape index (κ3) is 3.87. The molecule has 2 aliphatic rings. The van der Waals surface area contributed by atoms with Gasteiger partial charge in [0.15, 0.2) is 0 Å². The van der Waals surface area contributed by atoms with Gasteiger partial charge in [0.2, 0.25) is 0 Å². The molecule has 6 heteroatoms. The van der Waals surface area contributed by atoms with Crippen molar-refractivity contribution in [3.8, 4) is 0 Å². The van der Waals surface area contributed by atoms with Crippen molar-refractivity contribution in [3.05, 3.63) is 0 Å². The zero-order valence-electron chi connectivity index (χ0n) is 13.0. The number of hydrogen-bond acceptors (Lipinski definition) is 3. The van der Waals surface area contributed by atoms with Gasteiger partial charge in [-0.05, 0) is 38.6 Å². The van der Waals surface area contributed by atoms with Gasteiger partial charge < -0.3 is 15.3 Å². The molecule has 2 rings (SSSR count). The molecular formula is C15H27N3O3. The summed E-state index contributed by atoms with van der Waals surface area (Å²) >= 11 is 0. The van der Waals surface area contributed by atoms with Gasteiger partial charge in [0.25, 0.3) is 0 Å². The highest BCUT2D eigenvalue weighted by atomic mass is 16.4. The lowest BCUT2D eigenvalue weighted by molar-refractivity contribution is -0.139. The number of urea groups is 1. The molecule has 2 N–H and O–H groups in total. The van der Waals surface area contributed by atoms with Crippen molar-refractivity contribution in [2.45, 2.75) is 64.1 Å². The standard InChI is InChI=1S/C15H27N3O3/c1-3-12-6-5-7-18(12)15(21)16-11-8-13(9-11)17(4-2)10-14(19)20/h11-13H,3-10H2,1-2H3,(H,16,21)(H,19,20). The highest BCUT2D eigenvalue weighted by Gasteiger charge is 2.36. The van der Waals surface area contributed by atoms with Gasteiger partial charge in [0.05, 0.1) is 6.54 Å². The molecule has 2 fully saturated rings. The molecule has 1 unspecified atom stereocenters. The fourth-order valence-corrected chi connectivity index (χ4v) is 3.46. The Labute approximate surface area is 126 Å². The first-order valence-electron chi connectivity index (χ1n) is 8.08. The minimum atomic E-state index is -0.785. The second-order valence-corrected chi connectivity index (χ2v) is 6.13. The fraction of sp³-hybridized carbons (Fsp3) is 0.867. The van der Waals surface area contributed by atoms with Crippen LogP contribution in [0.2, 0.25) is 0 Å². The number of nitrogens with zero attached hydrogens (tertiary/aromatic N) is 2. The number of aliphatic carboxylic acids is 1. The Balaban J connectivity index is 1.74. The summed E-state index contributed by atoms with van der Waals surface area (Å²) in [6.07, 6.45) is 4.94. The third-order valence-electron chi connectivity index (χ3n) is 4.81. The predicted molar refractivity (Wildman–Crippen MR) is 80.2 cm³/mol. The van der Waals surface area contributed by atoms with Crippen molar-refractivity contribution in [1.29, 1.82) is 0 Å². The molecule has 0 aromatic carbocycles. The molecule has 120 valence electrons. The van der Waals surface area contributed by atoms with Crippen molar-refractivity contribution < 1.29 is 14.7 Å². The first kappa shape index (κ1) is 16.1. The number of carbonyl (C=O) groups is 2. The van der Waals surface area contributed by atoms with Gasteiger partial charge in [-0.1, -0.05) is 13.8 Å². The van der Waals surface area contributed by atoms with Crippen molar-refractivity contribution >= 4 is 12.0 Å². The van der Waals surface area contributed by atoms with Crippen LogP contribution in [-0.2, 0) is 4.79 Å². The van der Waals surface area contributed by atoms with Crippen molar-refractivity contribution in [1.82, 2.24) is 15.1 Å². The molecule has 0 aromatic rings. The molecule has 0 bridgehead atoms. The van der Waals surface area contributed by atoms with Crippen LogP contribution in [0.5, 0.6) is 0 Å². The van der Waals surface area contributed by atoms with E-state index in [-0.39, 0.29) is 24.7 Å². The van der Waals surface area contributed by atoms with Gasteiger partial charge >= 0.3 is 12.0 Å². The minimum absolute atomic E-state index is 0.0593. The van der Waals surface area contributed by atoms with Gasteiger partial charge in [-0.3, -0.25) is 9.69 Å². The number of carboxylic acids is 1. The molecule has 0 radical (unpaired) electrons. The van der Waals surface area contributed by atoms with Crippen LogP contribution in [0.3, 0.4) is 0 Å². The minimum Gasteiger partial charge on any atom is -0.480 e. The first-order chi connectivity index (χ1) is 10.0. The van der Waals surface area contributed by atoms with Crippen molar-refractivity contribution in [2.24, 2.45) is 0 Å². The van der Waals surface area contributed by atoms with Gasteiger partial charge in [0.1, 0.15) is 0 Å². The average molecular weight is 297 g/mol. The molecule has 0 aromatic heterocycles. The van der Waals surface area contributed by atoms with Crippen LogP contribution in [0, 0.1) is 0 Å². The molecular weight excluding hydrogens is 270 g/mol. The van der Waals surface area contributed by atoms with Crippen LogP contribution in [-0.4, -0.2) is 64.7 Å². The summed E-state index contributed by atoms with van der Waals surface area (Å²) < 4.78 is 0. The van der Waals surface area contributed by atoms with E-state index in [9.17, 15) is 9.59 Å². The number of likely N-dealkylation sites (tertiary alicyclic amines) is 1. The quantitative estimate of drug-likeness (QED) is 0.779. The van der Waals surface area contributed by atoms with Crippen molar-refractivity contribution in [3.63, 3.8) is 0 Å².